The lowest BCUT2D eigenvalue weighted by molar-refractivity contribution is 0.165. The lowest BCUT2D eigenvalue weighted by atomic mass is 10.1. The van der Waals surface area contributed by atoms with E-state index in [2.05, 4.69) is 33.6 Å². The van der Waals surface area contributed by atoms with Gasteiger partial charge in [0.15, 0.2) is 0 Å². The number of hydrogen-bond donors (Lipinski definition) is 1. The molecule has 1 aromatic carbocycles. The van der Waals surface area contributed by atoms with Crippen LogP contribution >= 0.6 is 0 Å². The zero-order chi connectivity index (χ0) is 15.6. The maximum atomic E-state index is 12.5. The summed E-state index contributed by atoms with van der Waals surface area (Å²) in [4.78, 5) is 18.5. The highest BCUT2D eigenvalue weighted by Crippen LogP contribution is 2.31. The smallest absolute Gasteiger partial charge is 0.317 e. The average molecular weight is 311 g/mol. The molecule has 2 aliphatic rings. The second kappa shape index (κ2) is 6.02. The highest BCUT2D eigenvalue weighted by Gasteiger charge is 2.28. The Balaban J connectivity index is 1.34. The van der Waals surface area contributed by atoms with Crippen LogP contribution in [0.5, 0.6) is 0 Å². The van der Waals surface area contributed by atoms with Crippen molar-refractivity contribution in [3.05, 3.63) is 48.0 Å². The number of benzene rings is 1. The molecular weight excluding hydrogens is 290 g/mol. The van der Waals surface area contributed by atoms with Crippen molar-refractivity contribution >= 4 is 6.03 Å². The lowest BCUT2D eigenvalue weighted by Gasteiger charge is -2.32. The molecule has 0 saturated carbocycles. The summed E-state index contributed by atoms with van der Waals surface area (Å²) in [5.74, 6) is 0. The van der Waals surface area contributed by atoms with Crippen LogP contribution in [0.1, 0.15) is 42.5 Å². The van der Waals surface area contributed by atoms with Gasteiger partial charge in [0.05, 0.1) is 12.1 Å². The molecule has 4 rings (SSSR count). The predicted octanol–water partition coefficient (Wildman–Crippen LogP) is 2.31. The molecule has 0 bridgehead atoms. The van der Waals surface area contributed by atoms with Crippen LogP contribution in [-0.4, -0.2) is 38.8 Å². The van der Waals surface area contributed by atoms with Crippen molar-refractivity contribution in [2.75, 3.05) is 13.1 Å². The minimum atomic E-state index is 0.0590. The van der Waals surface area contributed by atoms with Crippen LogP contribution in [0.2, 0.25) is 0 Å². The number of amides is 2. The van der Waals surface area contributed by atoms with E-state index < -0.39 is 0 Å². The fourth-order valence-corrected chi connectivity index (χ4v) is 3.69. The summed E-state index contributed by atoms with van der Waals surface area (Å²) in [7, 11) is 0. The first-order valence-electron chi connectivity index (χ1n) is 8.28. The van der Waals surface area contributed by atoms with Crippen molar-refractivity contribution in [1.82, 2.24) is 25.0 Å². The topological polar surface area (TPSA) is 63.1 Å². The van der Waals surface area contributed by atoms with Gasteiger partial charge in [0.25, 0.3) is 0 Å². The average Bonchev–Trinajstić information content (AvgIpc) is 3.25. The Morgan fingerprint density at radius 2 is 2.00 bits per heavy atom. The van der Waals surface area contributed by atoms with Gasteiger partial charge in [-0.15, -0.1) is 0 Å². The van der Waals surface area contributed by atoms with Crippen LogP contribution in [0.3, 0.4) is 0 Å². The third kappa shape index (κ3) is 2.81. The molecule has 0 unspecified atom stereocenters. The molecule has 1 aromatic heterocycles. The number of carbonyl (C=O) groups is 1. The molecule has 23 heavy (non-hydrogen) atoms. The molecule has 1 N–H and O–H groups in total. The minimum Gasteiger partial charge on any atom is -0.331 e. The Bertz CT molecular complexity index is 676. The quantitative estimate of drug-likeness (QED) is 0.925. The first kappa shape index (κ1) is 14.2. The molecule has 1 aliphatic heterocycles. The molecular formula is C17H21N5O. The summed E-state index contributed by atoms with van der Waals surface area (Å²) < 4.78 is 1.91. The van der Waals surface area contributed by atoms with Crippen molar-refractivity contribution in [2.45, 2.75) is 37.8 Å². The minimum absolute atomic E-state index is 0.0590. The van der Waals surface area contributed by atoms with Gasteiger partial charge < -0.3 is 10.2 Å². The Hall–Kier alpha value is -2.37. The molecule has 1 aliphatic carbocycles. The first-order valence-corrected chi connectivity index (χ1v) is 8.28. The van der Waals surface area contributed by atoms with Crippen molar-refractivity contribution in [3.8, 4) is 0 Å². The molecule has 2 heterocycles. The van der Waals surface area contributed by atoms with E-state index in [1.54, 1.807) is 12.7 Å². The third-order valence-corrected chi connectivity index (χ3v) is 4.99. The lowest BCUT2D eigenvalue weighted by Crippen LogP contribution is -2.45. The van der Waals surface area contributed by atoms with E-state index in [9.17, 15) is 4.79 Å². The number of urea groups is 1. The van der Waals surface area contributed by atoms with Gasteiger partial charge in [-0.2, -0.15) is 5.10 Å². The highest BCUT2D eigenvalue weighted by atomic mass is 16.2. The van der Waals surface area contributed by atoms with Crippen LogP contribution in [0.25, 0.3) is 0 Å². The molecule has 6 heteroatoms. The molecule has 0 radical (unpaired) electrons. The van der Waals surface area contributed by atoms with E-state index in [4.69, 9.17) is 0 Å². The highest BCUT2D eigenvalue weighted by molar-refractivity contribution is 5.75. The Morgan fingerprint density at radius 3 is 2.78 bits per heavy atom. The van der Waals surface area contributed by atoms with Crippen LogP contribution < -0.4 is 5.32 Å². The predicted molar refractivity (Wildman–Crippen MR) is 85.9 cm³/mol. The van der Waals surface area contributed by atoms with E-state index in [1.165, 1.54) is 11.1 Å². The van der Waals surface area contributed by atoms with Crippen LogP contribution in [0.4, 0.5) is 4.79 Å². The number of rotatable bonds is 2. The zero-order valence-electron chi connectivity index (χ0n) is 13.1. The third-order valence-electron chi connectivity index (χ3n) is 4.99. The second-order valence-electron chi connectivity index (χ2n) is 6.33. The van der Waals surface area contributed by atoms with Gasteiger partial charge in [-0.1, -0.05) is 24.3 Å². The summed E-state index contributed by atoms with van der Waals surface area (Å²) in [5, 5.41) is 7.41. The van der Waals surface area contributed by atoms with Crippen molar-refractivity contribution in [2.24, 2.45) is 0 Å². The van der Waals surface area contributed by atoms with E-state index in [0.29, 0.717) is 6.04 Å². The molecule has 1 fully saturated rings. The second-order valence-corrected chi connectivity index (χ2v) is 6.33. The van der Waals surface area contributed by atoms with Crippen molar-refractivity contribution < 1.29 is 4.79 Å². The van der Waals surface area contributed by atoms with Crippen molar-refractivity contribution in [3.63, 3.8) is 0 Å². The molecule has 1 saturated heterocycles. The number of nitrogens with zero attached hydrogens (tertiary/aromatic N) is 4. The number of aryl methyl sites for hydroxylation is 1. The summed E-state index contributed by atoms with van der Waals surface area (Å²) >= 11 is 0. The van der Waals surface area contributed by atoms with Gasteiger partial charge in [-0.3, -0.25) is 0 Å². The normalized spacial score (nSPS) is 21.2. The van der Waals surface area contributed by atoms with Gasteiger partial charge in [-0.25, -0.2) is 14.5 Å². The number of aromatic nitrogens is 3. The summed E-state index contributed by atoms with van der Waals surface area (Å²) in [6, 6.07) is 8.98. The standard InChI is InChI=1S/C17H21N5O/c23-17(20-16-6-5-13-3-1-2-4-15(13)16)21-9-7-14(8-10-21)22-12-18-11-19-22/h1-4,11-12,14,16H,5-10H2,(H,20,23)/t16-/m0/s1. The van der Waals surface area contributed by atoms with E-state index >= 15 is 0 Å². The maximum Gasteiger partial charge on any atom is 0.317 e. The number of nitrogens with one attached hydrogen (secondary N) is 1. The van der Waals surface area contributed by atoms with E-state index in [-0.39, 0.29) is 12.1 Å². The SMILES string of the molecule is O=C(N[C@H]1CCc2ccccc21)N1CCC(n2cncn2)CC1. The van der Waals surface area contributed by atoms with E-state index in [1.807, 2.05) is 15.6 Å². The van der Waals surface area contributed by atoms with Gasteiger partial charge in [0.1, 0.15) is 12.7 Å². The number of hydrogen-bond acceptors (Lipinski definition) is 3. The van der Waals surface area contributed by atoms with Gasteiger partial charge >= 0.3 is 6.03 Å². The Kier molecular flexibility index (Phi) is 3.73. The van der Waals surface area contributed by atoms with Gasteiger partial charge in [0.2, 0.25) is 0 Å². The number of piperidine rings is 1. The van der Waals surface area contributed by atoms with Gasteiger partial charge in [0, 0.05) is 13.1 Å². The largest absolute Gasteiger partial charge is 0.331 e. The van der Waals surface area contributed by atoms with Crippen LogP contribution in [0.15, 0.2) is 36.9 Å². The summed E-state index contributed by atoms with van der Waals surface area (Å²) in [5.41, 5.74) is 2.64. The number of carbonyl (C=O) groups excluding carboxylic acids is 1. The first-order chi connectivity index (χ1) is 11.3. The molecule has 1 atom stereocenters. The molecule has 2 amide bonds. The molecule has 120 valence electrons. The fourth-order valence-electron chi connectivity index (χ4n) is 3.69. The maximum absolute atomic E-state index is 12.5. The van der Waals surface area contributed by atoms with Crippen molar-refractivity contribution in [1.29, 1.82) is 0 Å². The Morgan fingerprint density at radius 1 is 1.17 bits per heavy atom. The fraction of sp³-hybridized carbons (Fsp3) is 0.471. The summed E-state index contributed by atoms with van der Waals surface area (Å²) in [6.45, 7) is 1.54. The number of fused-ring (bicyclic) bond motifs is 1. The Labute approximate surface area is 135 Å². The molecule has 6 nitrogen and oxygen atoms in total. The monoisotopic (exact) mass is 311 g/mol. The zero-order valence-corrected chi connectivity index (χ0v) is 13.1. The van der Waals surface area contributed by atoms with Crippen LogP contribution in [0, 0.1) is 0 Å². The molecule has 2 aromatic rings. The van der Waals surface area contributed by atoms with E-state index in [0.717, 1.165) is 38.8 Å². The van der Waals surface area contributed by atoms with Gasteiger partial charge in [-0.05, 0) is 36.8 Å². The number of likely N-dealkylation sites (tertiary alicyclic amines) is 1. The van der Waals surface area contributed by atoms with Crippen LogP contribution in [-0.2, 0) is 6.42 Å². The molecule has 0 spiro atoms. The summed E-state index contributed by atoms with van der Waals surface area (Å²) in [6.07, 6.45) is 7.23.